The van der Waals surface area contributed by atoms with Gasteiger partial charge in [-0.3, -0.25) is 9.59 Å². The first-order valence-corrected chi connectivity index (χ1v) is 8.78. The van der Waals surface area contributed by atoms with Crippen molar-refractivity contribution < 1.29 is 14.3 Å². The van der Waals surface area contributed by atoms with Gasteiger partial charge in [0.25, 0.3) is 0 Å². The normalized spacial score (nSPS) is 17.5. The molecule has 132 valence electrons. The van der Waals surface area contributed by atoms with Crippen LogP contribution in [0.5, 0.6) is 5.75 Å². The van der Waals surface area contributed by atoms with Gasteiger partial charge in [-0.1, -0.05) is 6.92 Å². The fourth-order valence-electron chi connectivity index (χ4n) is 3.33. The molecule has 1 aliphatic rings. The molecule has 0 aliphatic carbocycles. The Balaban J connectivity index is 2.00. The molecule has 0 spiro atoms. The van der Waals surface area contributed by atoms with Gasteiger partial charge in [0.1, 0.15) is 5.75 Å². The zero-order chi connectivity index (χ0) is 17.5. The fourth-order valence-corrected chi connectivity index (χ4v) is 3.33. The molecule has 1 atom stereocenters. The van der Waals surface area contributed by atoms with E-state index in [1.54, 1.807) is 12.0 Å². The van der Waals surface area contributed by atoms with Gasteiger partial charge < -0.3 is 14.5 Å². The first kappa shape index (κ1) is 18.3. The summed E-state index contributed by atoms with van der Waals surface area (Å²) in [5.74, 6) is 0.845. The van der Waals surface area contributed by atoms with Crippen LogP contribution < -0.4 is 9.64 Å². The van der Waals surface area contributed by atoms with Crippen LogP contribution in [0.4, 0.5) is 5.69 Å². The summed E-state index contributed by atoms with van der Waals surface area (Å²) in [6, 6.07) is 7.70. The maximum atomic E-state index is 12.6. The van der Waals surface area contributed by atoms with E-state index in [1.807, 2.05) is 29.2 Å². The van der Waals surface area contributed by atoms with Gasteiger partial charge in [0.2, 0.25) is 11.8 Å². The average molecular weight is 332 g/mol. The topological polar surface area (TPSA) is 49.9 Å². The molecule has 24 heavy (non-hydrogen) atoms. The summed E-state index contributed by atoms with van der Waals surface area (Å²) in [7, 11) is 1.61. The van der Waals surface area contributed by atoms with Crippen LogP contribution in [-0.4, -0.2) is 43.0 Å². The molecule has 1 aromatic rings. The molecule has 0 N–H and O–H groups in total. The second kappa shape index (κ2) is 8.71. The van der Waals surface area contributed by atoms with Crippen molar-refractivity contribution >= 4 is 17.5 Å². The second-order valence-electron chi connectivity index (χ2n) is 6.26. The van der Waals surface area contributed by atoms with Crippen molar-refractivity contribution in [1.82, 2.24) is 4.90 Å². The van der Waals surface area contributed by atoms with Gasteiger partial charge in [0.05, 0.1) is 7.11 Å². The minimum Gasteiger partial charge on any atom is -0.497 e. The number of carbonyl (C=O) groups excluding carboxylic acids is 2. The number of hydrogen-bond acceptors (Lipinski definition) is 3. The first-order valence-electron chi connectivity index (χ1n) is 8.78. The predicted octanol–water partition coefficient (Wildman–Crippen LogP) is 3.23. The Morgan fingerprint density at radius 3 is 2.54 bits per heavy atom. The number of benzene rings is 1. The largest absolute Gasteiger partial charge is 0.497 e. The summed E-state index contributed by atoms with van der Waals surface area (Å²) in [5, 5.41) is 0. The summed E-state index contributed by atoms with van der Waals surface area (Å²) in [4.78, 5) is 28.2. The van der Waals surface area contributed by atoms with Crippen LogP contribution in [0.3, 0.4) is 0 Å². The van der Waals surface area contributed by atoms with E-state index in [0.29, 0.717) is 19.0 Å². The van der Waals surface area contributed by atoms with Gasteiger partial charge >= 0.3 is 0 Å². The zero-order valence-electron chi connectivity index (χ0n) is 15.0. The third kappa shape index (κ3) is 4.49. The summed E-state index contributed by atoms with van der Waals surface area (Å²) in [5.41, 5.74) is 0.793. The average Bonchev–Trinajstić information content (AvgIpc) is 2.61. The van der Waals surface area contributed by atoms with Crippen molar-refractivity contribution in [1.29, 1.82) is 0 Å². The summed E-state index contributed by atoms with van der Waals surface area (Å²) < 4.78 is 5.15. The van der Waals surface area contributed by atoms with Crippen molar-refractivity contribution in [3.05, 3.63) is 24.3 Å². The minimum atomic E-state index is -0.0568. The highest BCUT2D eigenvalue weighted by Crippen LogP contribution is 2.22. The monoisotopic (exact) mass is 332 g/mol. The molecule has 5 heteroatoms. The Morgan fingerprint density at radius 1 is 1.25 bits per heavy atom. The van der Waals surface area contributed by atoms with E-state index in [4.69, 9.17) is 4.74 Å². The van der Waals surface area contributed by atoms with Gasteiger partial charge in [0.15, 0.2) is 0 Å². The number of amides is 2. The molecule has 5 nitrogen and oxygen atoms in total. The molecule has 1 saturated heterocycles. The van der Waals surface area contributed by atoms with Crippen molar-refractivity contribution in [2.45, 2.75) is 52.0 Å². The molecule has 1 fully saturated rings. The molecule has 1 aromatic carbocycles. The van der Waals surface area contributed by atoms with E-state index < -0.39 is 0 Å². The number of ether oxygens (including phenoxy) is 1. The SMILES string of the molecule is CCC1CCCCN1C(=O)CCN(C(C)=O)c1ccc(OC)cc1. The number of hydrogen-bond donors (Lipinski definition) is 0. The molecule has 1 unspecified atom stereocenters. The van der Waals surface area contributed by atoms with Crippen LogP contribution >= 0.6 is 0 Å². The van der Waals surface area contributed by atoms with E-state index in [2.05, 4.69) is 6.92 Å². The predicted molar refractivity (Wildman–Crippen MR) is 95.3 cm³/mol. The lowest BCUT2D eigenvalue weighted by molar-refractivity contribution is -0.134. The number of likely N-dealkylation sites (tertiary alicyclic amines) is 1. The molecule has 0 radical (unpaired) electrons. The van der Waals surface area contributed by atoms with Crippen molar-refractivity contribution in [3.8, 4) is 5.75 Å². The van der Waals surface area contributed by atoms with E-state index in [9.17, 15) is 9.59 Å². The quantitative estimate of drug-likeness (QED) is 0.803. The van der Waals surface area contributed by atoms with Gasteiger partial charge in [-0.25, -0.2) is 0 Å². The highest BCUT2D eigenvalue weighted by molar-refractivity contribution is 5.92. The third-order valence-electron chi connectivity index (χ3n) is 4.73. The maximum Gasteiger partial charge on any atom is 0.224 e. The second-order valence-corrected chi connectivity index (χ2v) is 6.26. The van der Waals surface area contributed by atoms with Crippen LogP contribution in [0.1, 0.15) is 46.0 Å². The molecule has 1 aliphatic heterocycles. The lowest BCUT2D eigenvalue weighted by Gasteiger charge is -2.35. The van der Waals surface area contributed by atoms with E-state index in [1.165, 1.54) is 13.3 Å². The molecule has 0 saturated carbocycles. The van der Waals surface area contributed by atoms with E-state index in [-0.39, 0.29) is 11.8 Å². The summed E-state index contributed by atoms with van der Waals surface area (Å²) >= 11 is 0. The Kier molecular flexibility index (Phi) is 6.64. The number of piperidine rings is 1. The number of methoxy groups -OCH3 is 1. The Labute approximate surface area is 144 Å². The molecule has 1 heterocycles. The van der Waals surface area contributed by atoms with E-state index >= 15 is 0 Å². The van der Waals surface area contributed by atoms with Crippen molar-refractivity contribution in [2.24, 2.45) is 0 Å². The minimum absolute atomic E-state index is 0.0568. The summed E-state index contributed by atoms with van der Waals surface area (Å²) in [6.45, 7) is 4.92. The number of carbonyl (C=O) groups is 2. The number of anilines is 1. The van der Waals surface area contributed by atoms with Gasteiger partial charge in [-0.05, 0) is 49.9 Å². The third-order valence-corrected chi connectivity index (χ3v) is 4.73. The Morgan fingerprint density at radius 2 is 1.96 bits per heavy atom. The van der Waals surface area contributed by atoms with Crippen LogP contribution in [0, 0.1) is 0 Å². The zero-order valence-corrected chi connectivity index (χ0v) is 15.0. The number of nitrogens with zero attached hydrogens (tertiary/aromatic N) is 2. The first-order chi connectivity index (χ1) is 11.6. The van der Waals surface area contributed by atoms with Crippen molar-refractivity contribution in [3.63, 3.8) is 0 Å². The van der Waals surface area contributed by atoms with Gasteiger partial charge in [-0.15, -0.1) is 0 Å². The van der Waals surface area contributed by atoms with Crippen LogP contribution in [0.15, 0.2) is 24.3 Å². The molecule has 2 amide bonds. The molecule has 0 aromatic heterocycles. The van der Waals surface area contributed by atoms with Crippen LogP contribution in [0.2, 0.25) is 0 Å². The van der Waals surface area contributed by atoms with Crippen LogP contribution in [0.25, 0.3) is 0 Å². The van der Waals surface area contributed by atoms with Gasteiger partial charge in [-0.2, -0.15) is 0 Å². The Hall–Kier alpha value is -2.04. The smallest absolute Gasteiger partial charge is 0.224 e. The van der Waals surface area contributed by atoms with Crippen molar-refractivity contribution in [2.75, 3.05) is 25.1 Å². The lowest BCUT2D eigenvalue weighted by atomic mass is 9.99. The Bertz CT molecular complexity index is 556. The highest BCUT2D eigenvalue weighted by atomic mass is 16.5. The molecular formula is C19H28N2O3. The highest BCUT2D eigenvalue weighted by Gasteiger charge is 2.25. The molecule has 2 rings (SSSR count). The standard InChI is InChI=1S/C19H28N2O3/c1-4-16-7-5-6-13-21(16)19(23)12-14-20(15(2)22)17-8-10-18(24-3)11-9-17/h8-11,16H,4-7,12-14H2,1-3H3. The maximum absolute atomic E-state index is 12.6. The molecular weight excluding hydrogens is 304 g/mol. The van der Waals surface area contributed by atoms with Crippen LogP contribution in [-0.2, 0) is 9.59 Å². The fraction of sp³-hybridized carbons (Fsp3) is 0.579. The summed E-state index contributed by atoms with van der Waals surface area (Å²) in [6.07, 6.45) is 4.74. The number of rotatable bonds is 6. The van der Waals surface area contributed by atoms with Gasteiger partial charge in [0, 0.05) is 38.2 Å². The molecule has 0 bridgehead atoms. The van der Waals surface area contributed by atoms with E-state index in [0.717, 1.165) is 37.2 Å². The lowest BCUT2D eigenvalue weighted by Crippen LogP contribution is -2.44.